The van der Waals surface area contributed by atoms with Gasteiger partial charge in [0.25, 0.3) is 0 Å². The Morgan fingerprint density at radius 3 is 2.48 bits per heavy atom. The van der Waals surface area contributed by atoms with E-state index < -0.39 is 23.6 Å². The van der Waals surface area contributed by atoms with Crippen LogP contribution in [0.25, 0.3) is 11.3 Å². The number of halogens is 3. The Morgan fingerprint density at radius 2 is 1.90 bits per heavy atom. The standard InChI is InChI=1S/C21H26F3N3O2/c1-12(2)27-8-4-5-14(11-27)20(29)17-9-13(3)19(26-25-17)16-7-6-15(10-18(16)28)21(22,23)24/h6-7,9-10,12,14,20,28-29H,4-5,8,11H2,1-3H3/t14-,20-/m1/s1. The molecule has 0 spiro atoms. The predicted molar refractivity (Wildman–Crippen MR) is 103 cm³/mol. The molecule has 3 rings (SSSR count). The van der Waals surface area contributed by atoms with Crippen LogP contribution in [0.4, 0.5) is 13.2 Å². The zero-order valence-corrected chi connectivity index (χ0v) is 16.7. The second kappa shape index (κ2) is 8.28. The van der Waals surface area contributed by atoms with Gasteiger partial charge >= 0.3 is 6.18 Å². The number of alkyl halides is 3. The summed E-state index contributed by atoms with van der Waals surface area (Å²) in [5.74, 6) is -0.462. The SMILES string of the molecule is Cc1cc([C@H](O)[C@@H]2CCCN(C(C)C)C2)nnc1-c1ccc(C(F)(F)F)cc1O. The molecule has 0 aliphatic carbocycles. The molecule has 0 saturated carbocycles. The highest BCUT2D eigenvalue weighted by Gasteiger charge is 2.32. The minimum atomic E-state index is -4.53. The molecule has 5 nitrogen and oxygen atoms in total. The van der Waals surface area contributed by atoms with E-state index >= 15 is 0 Å². The van der Waals surface area contributed by atoms with Crippen molar-refractivity contribution < 1.29 is 23.4 Å². The summed E-state index contributed by atoms with van der Waals surface area (Å²) in [4.78, 5) is 2.33. The topological polar surface area (TPSA) is 69.5 Å². The fraction of sp³-hybridized carbons (Fsp3) is 0.524. The van der Waals surface area contributed by atoms with Gasteiger partial charge in [-0.15, -0.1) is 5.10 Å². The van der Waals surface area contributed by atoms with Crippen molar-refractivity contribution in [3.63, 3.8) is 0 Å². The van der Waals surface area contributed by atoms with E-state index in [1.165, 1.54) is 6.07 Å². The van der Waals surface area contributed by atoms with Gasteiger partial charge in [0.2, 0.25) is 0 Å². The highest BCUT2D eigenvalue weighted by atomic mass is 19.4. The monoisotopic (exact) mass is 409 g/mol. The van der Waals surface area contributed by atoms with Crippen molar-refractivity contribution in [3.8, 4) is 17.0 Å². The lowest BCUT2D eigenvalue weighted by molar-refractivity contribution is -0.137. The van der Waals surface area contributed by atoms with Crippen LogP contribution in [0, 0.1) is 12.8 Å². The van der Waals surface area contributed by atoms with Gasteiger partial charge in [-0.2, -0.15) is 18.3 Å². The number of benzene rings is 1. The zero-order chi connectivity index (χ0) is 21.3. The number of hydrogen-bond acceptors (Lipinski definition) is 5. The Bertz CT molecular complexity index is 871. The first-order valence-electron chi connectivity index (χ1n) is 9.75. The minimum Gasteiger partial charge on any atom is -0.507 e. The van der Waals surface area contributed by atoms with E-state index in [1.807, 2.05) is 0 Å². The summed E-state index contributed by atoms with van der Waals surface area (Å²) in [6.45, 7) is 7.78. The van der Waals surface area contributed by atoms with Gasteiger partial charge in [-0.05, 0) is 70.0 Å². The lowest BCUT2D eigenvalue weighted by Crippen LogP contribution is -2.41. The molecule has 2 heterocycles. The number of hydrogen-bond donors (Lipinski definition) is 2. The molecule has 0 radical (unpaired) electrons. The van der Waals surface area contributed by atoms with Crippen LogP contribution >= 0.6 is 0 Å². The van der Waals surface area contributed by atoms with Gasteiger partial charge in [0.05, 0.1) is 17.0 Å². The lowest BCUT2D eigenvalue weighted by atomic mass is 9.89. The predicted octanol–water partition coefficient (Wildman–Crippen LogP) is 4.33. The molecule has 2 atom stereocenters. The molecule has 0 bridgehead atoms. The molecule has 158 valence electrons. The average molecular weight is 409 g/mol. The molecule has 1 saturated heterocycles. The second-order valence-corrected chi connectivity index (χ2v) is 7.97. The Kier molecular flexibility index (Phi) is 6.14. The van der Waals surface area contributed by atoms with Crippen LogP contribution in [0.3, 0.4) is 0 Å². The molecule has 0 unspecified atom stereocenters. The van der Waals surface area contributed by atoms with E-state index in [1.54, 1.807) is 13.0 Å². The first kappa shape index (κ1) is 21.5. The van der Waals surface area contributed by atoms with Crippen molar-refractivity contribution in [1.82, 2.24) is 15.1 Å². The molecule has 2 N–H and O–H groups in total. The van der Waals surface area contributed by atoms with Crippen LogP contribution in [0.2, 0.25) is 0 Å². The Labute approximate surface area is 168 Å². The number of aliphatic hydroxyl groups excluding tert-OH is 1. The number of aromatic hydroxyl groups is 1. The molecule has 1 fully saturated rings. The molecular formula is C21H26F3N3O2. The summed E-state index contributed by atoms with van der Waals surface area (Å²) in [6.07, 6.45) is -3.40. The van der Waals surface area contributed by atoms with E-state index in [2.05, 4.69) is 28.9 Å². The van der Waals surface area contributed by atoms with Gasteiger partial charge in [0.1, 0.15) is 11.9 Å². The van der Waals surface area contributed by atoms with Crippen molar-refractivity contribution in [2.24, 2.45) is 5.92 Å². The van der Waals surface area contributed by atoms with Crippen molar-refractivity contribution in [3.05, 3.63) is 41.1 Å². The van der Waals surface area contributed by atoms with Crippen LogP contribution in [-0.2, 0) is 6.18 Å². The zero-order valence-electron chi connectivity index (χ0n) is 16.7. The Morgan fingerprint density at radius 1 is 1.17 bits per heavy atom. The number of nitrogens with zero attached hydrogens (tertiary/aromatic N) is 3. The largest absolute Gasteiger partial charge is 0.507 e. The van der Waals surface area contributed by atoms with Crippen molar-refractivity contribution in [2.75, 3.05) is 13.1 Å². The maximum absolute atomic E-state index is 12.8. The van der Waals surface area contributed by atoms with Gasteiger partial charge in [-0.3, -0.25) is 0 Å². The number of rotatable bonds is 4. The third-order valence-electron chi connectivity index (χ3n) is 5.55. The van der Waals surface area contributed by atoms with Crippen LogP contribution in [0.1, 0.15) is 49.6 Å². The Balaban J connectivity index is 1.83. The first-order chi connectivity index (χ1) is 13.6. The number of phenols is 1. The van der Waals surface area contributed by atoms with Crippen LogP contribution in [-0.4, -0.2) is 44.4 Å². The number of phenolic OH excluding ortho intramolecular Hbond substituents is 1. The minimum absolute atomic E-state index is 0.0465. The number of piperidine rings is 1. The quantitative estimate of drug-likeness (QED) is 0.787. The van der Waals surface area contributed by atoms with Crippen molar-refractivity contribution in [2.45, 2.75) is 51.9 Å². The van der Waals surface area contributed by atoms with Crippen LogP contribution in [0.15, 0.2) is 24.3 Å². The normalized spacial score (nSPS) is 19.5. The van der Waals surface area contributed by atoms with E-state index in [-0.39, 0.29) is 11.5 Å². The van der Waals surface area contributed by atoms with Gasteiger partial charge in [-0.25, -0.2) is 0 Å². The Hall–Kier alpha value is -2.19. The third kappa shape index (κ3) is 4.70. The summed E-state index contributed by atoms with van der Waals surface area (Å²) in [7, 11) is 0. The fourth-order valence-electron chi connectivity index (χ4n) is 3.83. The maximum atomic E-state index is 12.8. The summed E-state index contributed by atoms with van der Waals surface area (Å²) < 4.78 is 38.4. The number of aromatic nitrogens is 2. The fourth-order valence-corrected chi connectivity index (χ4v) is 3.83. The third-order valence-corrected chi connectivity index (χ3v) is 5.55. The summed E-state index contributed by atoms with van der Waals surface area (Å²) >= 11 is 0. The highest BCUT2D eigenvalue weighted by molar-refractivity contribution is 5.69. The van der Waals surface area contributed by atoms with Crippen LogP contribution < -0.4 is 0 Å². The molecule has 8 heteroatoms. The highest BCUT2D eigenvalue weighted by Crippen LogP contribution is 2.37. The van der Waals surface area contributed by atoms with Crippen molar-refractivity contribution >= 4 is 0 Å². The summed E-state index contributed by atoms with van der Waals surface area (Å²) in [5.41, 5.74) is 0.601. The summed E-state index contributed by atoms with van der Waals surface area (Å²) in [6, 6.07) is 4.87. The lowest BCUT2D eigenvalue weighted by Gasteiger charge is -2.37. The second-order valence-electron chi connectivity index (χ2n) is 7.97. The number of aryl methyl sites for hydroxylation is 1. The molecule has 1 aromatic carbocycles. The molecule has 29 heavy (non-hydrogen) atoms. The molecule has 1 aliphatic rings. The molecule has 1 aromatic heterocycles. The summed E-state index contributed by atoms with van der Waals surface area (Å²) in [5, 5.41) is 29.1. The van der Waals surface area contributed by atoms with Gasteiger partial charge in [0.15, 0.2) is 0 Å². The van der Waals surface area contributed by atoms with Gasteiger partial charge < -0.3 is 15.1 Å². The maximum Gasteiger partial charge on any atom is 0.416 e. The van der Waals surface area contributed by atoms with Crippen molar-refractivity contribution in [1.29, 1.82) is 0 Å². The first-order valence-corrected chi connectivity index (χ1v) is 9.75. The smallest absolute Gasteiger partial charge is 0.416 e. The van der Waals surface area contributed by atoms with E-state index in [9.17, 15) is 23.4 Å². The van der Waals surface area contributed by atoms with E-state index in [0.717, 1.165) is 32.0 Å². The number of likely N-dealkylation sites (tertiary alicyclic amines) is 1. The molecule has 1 aliphatic heterocycles. The van der Waals surface area contributed by atoms with Gasteiger partial charge in [-0.1, -0.05) is 0 Å². The molecule has 2 aromatic rings. The van der Waals surface area contributed by atoms with Crippen LogP contribution in [0.5, 0.6) is 5.75 Å². The average Bonchev–Trinajstić information content (AvgIpc) is 2.67. The van der Waals surface area contributed by atoms with E-state index in [4.69, 9.17) is 0 Å². The molecular weight excluding hydrogens is 383 g/mol. The van der Waals surface area contributed by atoms with Gasteiger partial charge in [0, 0.05) is 24.1 Å². The number of aliphatic hydroxyl groups is 1. The van der Waals surface area contributed by atoms with E-state index in [0.29, 0.717) is 29.1 Å². The molecule has 0 amide bonds.